The molecule has 2 bridgehead atoms. The molecule has 22 heavy (non-hydrogen) atoms. The van der Waals surface area contributed by atoms with Gasteiger partial charge < -0.3 is 14.8 Å². The molecule has 3 heteroatoms. The summed E-state index contributed by atoms with van der Waals surface area (Å²) in [5.41, 5.74) is 6.02. The molecule has 0 spiro atoms. The highest BCUT2D eigenvalue weighted by molar-refractivity contribution is 5.89. The van der Waals surface area contributed by atoms with Gasteiger partial charge >= 0.3 is 0 Å². The number of nitrogens with one attached hydrogen (secondary N) is 1. The number of H-pyrrole nitrogens is 1. The standard InChI is InChI=1S/C19H22N2O/c1-3-14-12-21(22)10-8-15(14)13(2)19-17(9-11-21)16-6-4-5-7-18(16)20-19/h3-7,15,20H,2,8-12H2,1H3/b14-3-/t15-,21?/m1/s1. The Labute approximate surface area is 131 Å². The molecule has 3 aliphatic heterocycles. The molecule has 0 aliphatic carbocycles. The third kappa shape index (κ3) is 1.97. The quantitative estimate of drug-likeness (QED) is 0.445. The van der Waals surface area contributed by atoms with Crippen molar-refractivity contribution in [1.29, 1.82) is 0 Å². The van der Waals surface area contributed by atoms with Crippen molar-refractivity contribution >= 4 is 16.5 Å². The maximum atomic E-state index is 13.1. The van der Waals surface area contributed by atoms with E-state index in [0.29, 0.717) is 25.6 Å². The monoisotopic (exact) mass is 294 g/mol. The van der Waals surface area contributed by atoms with E-state index in [1.54, 1.807) is 0 Å². The van der Waals surface area contributed by atoms with E-state index in [1.165, 1.54) is 22.2 Å². The second kappa shape index (κ2) is 4.83. The zero-order valence-electron chi connectivity index (χ0n) is 13.1. The largest absolute Gasteiger partial charge is 0.633 e. The zero-order chi connectivity index (χ0) is 15.3. The number of benzene rings is 1. The molecule has 1 N–H and O–H groups in total. The van der Waals surface area contributed by atoms with Crippen LogP contribution in [0.1, 0.15) is 24.6 Å². The van der Waals surface area contributed by atoms with Gasteiger partial charge in [-0.15, -0.1) is 0 Å². The van der Waals surface area contributed by atoms with Crippen LogP contribution in [0.25, 0.3) is 16.5 Å². The Morgan fingerprint density at radius 3 is 2.95 bits per heavy atom. The Balaban J connectivity index is 1.92. The van der Waals surface area contributed by atoms with Crippen LogP contribution >= 0.6 is 0 Å². The number of fused-ring (bicyclic) bond motifs is 4. The average Bonchev–Trinajstić information content (AvgIpc) is 2.92. The first kappa shape index (κ1) is 13.8. The maximum Gasteiger partial charge on any atom is 0.101 e. The Bertz CT molecular complexity index is 786. The van der Waals surface area contributed by atoms with E-state index >= 15 is 0 Å². The lowest BCUT2D eigenvalue weighted by Gasteiger charge is -2.48. The number of allylic oxidation sites excluding steroid dienone is 2. The predicted molar refractivity (Wildman–Crippen MR) is 91.1 cm³/mol. The highest BCUT2D eigenvalue weighted by Gasteiger charge is 2.35. The third-order valence-electron chi connectivity index (χ3n) is 5.44. The van der Waals surface area contributed by atoms with Crippen LogP contribution in [-0.4, -0.2) is 29.3 Å². The highest BCUT2D eigenvalue weighted by atomic mass is 16.5. The molecular formula is C19H22N2O. The van der Waals surface area contributed by atoms with Crippen LogP contribution < -0.4 is 0 Å². The molecule has 4 heterocycles. The van der Waals surface area contributed by atoms with Crippen molar-refractivity contribution in [2.45, 2.75) is 19.8 Å². The fourth-order valence-corrected chi connectivity index (χ4v) is 4.18. The first-order valence-electron chi connectivity index (χ1n) is 8.12. The van der Waals surface area contributed by atoms with Crippen molar-refractivity contribution in [2.24, 2.45) is 5.92 Å². The summed E-state index contributed by atoms with van der Waals surface area (Å²) in [6, 6.07) is 8.38. The predicted octanol–water partition coefficient (Wildman–Crippen LogP) is 4.02. The van der Waals surface area contributed by atoms with E-state index in [1.807, 2.05) is 0 Å². The fourth-order valence-electron chi connectivity index (χ4n) is 4.18. The summed E-state index contributed by atoms with van der Waals surface area (Å²) in [6.45, 7) is 8.46. The normalized spacial score (nSPS) is 30.2. The molecule has 114 valence electrons. The SMILES string of the molecule is C=C1c2[nH]c3ccccc3c2CC[N+]2([O-])CC[C@H]1/C(=C\C)C2. The minimum absolute atomic E-state index is 0.0810. The van der Waals surface area contributed by atoms with Gasteiger partial charge in [-0.1, -0.05) is 30.9 Å². The number of para-hydroxylation sites is 1. The second-order valence-electron chi connectivity index (χ2n) is 6.67. The fraction of sp³-hybridized carbons (Fsp3) is 0.368. The molecule has 1 aromatic heterocycles. The van der Waals surface area contributed by atoms with Crippen molar-refractivity contribution in [3.8, 4) is 0 Å². The Kier molecular flexibility index (Phi) is 3.03. The van der Waals surface area contributed by atoms with Crippen LogP contribution in [0.5, 0.6) is 0 Å². The number of aromatic nitrogens is 1. The molecule has 1 fully saturated rings. The number of nitrogens with zero attached hydrogens (tertiary/aromatic N) is 1. The first-order valence-corrected chi connectivity index (χ1v) is 8.12. The van der Waals surface area contributed by atoms with Crippen LogP contribution in [0.4, 0.5) is 0 Å². The van der Waals surface area contributed by atoms with Gasteiger partial charge in [-0.3, -0.25) is 0 Å². The summed E-state index contributed by atoms with van der Waals surface area (Å²) in [5, 5.41) is 14.3. The van der Waals surface area contributed by atoms with Crippen molar-refractivity contribution in [3.63, 3.8) is 0 Å². The van der Waals surface area contributed by atoms with Gasteiger partial charge in [-0.2, -0.15) is 0 Å². The molecule has 2 atom stereocenters. The number of hydrogen-bond acceptors (Lipinski definition) is 1. The van der Waals surface area contributed by atoms with Gasteiger partial charge in [-0.25, -0.2) is 0 Å². The van der Waals surface area contributed by atoms with Gasteiger partial charge in [0, 0.05) is 35.4 Å². The number of quaternary nitrogens is 1. The second-order valence-corrected chi connectivity index (χ2v) is 6.67. The van der Waals surface area contributed by atoms with Gasteiger partial charge in [0.05, 0.1) is 13.1 Å². The molecular weight excluding hydrogens is 272 g/mol. The lowest BCUT2D eigenvalue weighted by atomic mass is 9.83. The summed E-state index contributed by atoms with van der Waals surface area (Å²) in [7, 11) is 0. The maximum absolute atomic E-state index is 13.1. The average molecular weight is 294 g/mol. The Hall–Kier alpha value is -1.84. The summed E-state index contributed by atoms with van der Waals surface area (Å²) >= 11 is 0. The summed E-state index contributed by atoms with van der Waals surface area (Å²) in [4.78, 5) is 3.57. The highest BCUT2D eigenvalue weighted by Crippen LogP contribution is 2.41. The van der Waals surface area contributed by atoms with E-state index in [2.05, 4.69) is 48.8 Å². The smallest absolute Gasteiger partial charge is 0.101 e. The van der Waals surface area contributed by atoms with Gasteiger partial charge in [-0.05, 0) is 29.7 Å². The van der Waals surface area contributed by atoms with Crippen molar-refractivity contribution < 1.29 is 4.65 Å². The van der Waals surface area contributed by atoms with Crippen molar-refractivity contribution in [3.05, 3.63) is 59.0 Å². The number of aromatic amines is 1. The van der Waals surface area contributed by atoms with Crippen LogP contribution in [0.3, 0.4) is 0 Å². The molecule has 3 aliphatic rings. The van der Waals surface area contributed by atoms with E-state index in [9.17, 15) is 5.21 Å². The Morgan fingerprint density at radius 1 is 1.32 bits per heavy atom. The van der Waals surface area contributed by atoms with Gasteiger partial charge in [0.2, 0.25) is 0 Å². The van der Waals surface area contributed by atoms with Crippen LogP contribution in [0, 0.1) is 11.1 Å². The molecule has 1 aromatic carbocycles. The third-order valence-corrected chi connectivity index (χ3v) is 5.44. The van der Waals surface area contributed by atoms with E-state index in [4.69, 9.17) is 0 Å². The molecule has 0 saturated carbocycles. The summed E-state index contributed by atoms with van der Waals surface area (Å²) in [5.74, 6) is 0.315. The van der Waals surface area contributed by atoms with E-state index in [0.717, 1.165) is 23.9 Å². The molecule has 3 nitrogen and oxygen atoms in total. The van der Waals surface area contributed by atoms with Gasteiger partial charge in [0.1, 0.15) is 6.54 Å². The topological polar surface area (TPSA) is 38.8 Å². The number of hydroxylamine groups is 3. The molecule has 1 saturated heterocycles. The van der Waals surface area contributed by atoms with Crippen LogP contribution in [0.15, 0.2) is 42.5 Å². The van der Waals surface area contributed by atoms with Crippen molar-refractivity contribution in [2.75, 3.05) is 19.6 Å². The molecule has 2 aromatic rings. The molecule has 1 unspecified atom stereocenters. The van der Waals surface area contributed by atoms with E-state index < -0.39 is 0 Å². The summed E-state index contributed by atoms with van der Waals surface area (Å²) < 4.78 is -0.0810. The van der Waals surface area contributed by atoms with Crippen LogP contribution in [0.2, 0.25) is 0 Å². The number of piperidine rings is 1. The zero-order valence-corrected chi connectivity index (χ0v) is 13.1. The molecule has 5 rings (SSSR count). The van der Waals surface area contributed by atoms with Gasteiger partial charge in [0.15, 0.2) is 0 Å². The lowest BCUT2D eigenvalue weighted by Crippen LogP contribution is -2.50. The number of rotatable bonds is 0. The lowest BCUT2D eigenvalue weighted by molar-refractivity contribution is -0.879. The van der Waals surface area contributed by atoms with Gasteiger partial charge in [0.25, 0.3) is 0 Å². The molecule has 0 amide bonds. The molecule has 0 radical (unpaired) electrons. The minimum Gasteiger partial charge on any atom is -0.633 e. The van der Waals surface area contributed by atoms with Crippen LogP contribution in [-0.2, 0) is 6.42 Å². The minimum atomic E-state index is -0.0810. The first-order chi connectivity index (χ1) is 10.6. The van der Waals surface area contributed by atoms with E-state index in [-0.39, 0.29) is 4.65 Å². The number of hydrogen-bond donors (Lipinski definition) is 1. The Morgan fingerprint density at radius 2 is 2.14 bits per heavy atom. The summed E-state index contributed by atoms with van der Waals surface area (Å²) in [6.07, 6.45) is 3.87. The van der Waals surface area contributed by atoms with Crippen molar-refractivity contribution in [1.82, 2.24) is 4.98 Å².